The van der Waals surface area contributed by atoms with Gasteiger partial charge in [-0.15, -0.1) is 0 Å². The molecule has 1 aliphatic carbocycles. The van der Waals surface area contributed by atoms with Gasteiger partial charge in [-0.05, 0) is 24.8 Å². The number of aromatic amines is 2. The van der Waals surface area contributed by atoms with Crippen LogP contribution in [0.25, 0.3) is 22.1 Å². The molecule has 0 saturated heterocycles. The van der Waals surface area contributed by atoms with Gasteiger partial charge in [-0.1, -0.05) is 5.16 Å². The monoisotopic (exact) mass is 284 g/mol. The minimum absolute atomic E-state index is 0.270. The summed E-state index contributed by atoms with van der Waals surface area (Å²) in [4.78, 5) is 20.3. The Morgan fingerprint density at radius 1 is 1.48 bits per heavy atom. The predicted molar refractivity (Wildman–Crippen MR) is 79.5 cm³/mol. The van der Waals surface area contributed by atoms with Crippen LogP contribution in [0, 0.1) is 5.92 Å². The van der Waals surface area contributed by atoms with Crippen LogP contribution >= 0.6 is 0 Å². The second-order valence-corrected chi connectivity index (χ2v) is 5.45. The van der Waals surface area contributed by atoms with Gasteiger partial charge < -0.3 is 20.5 Å². The molecule has 0 amide bonds. The molecule has 4 rings (SSSR count). The van der Waals surface area contributed by atoms with E-state index < -0.39 is 0 Å². The fourth-order valence-electron chi connectivity index (χ4n) is 2.43. The molecule has 3 aromatic heterocycles. The van der Waals surface area contributed by atoms with Gasteiger partial charge >= 0.3 is 0 Å². The summed E-state index contributed by atoms with van der Waals surface area (Å²) >= 11 is 0. The molecule has 21 heavy (non-hydrogen) atoms. The number of nitrogens with zero attached hydrogens (tertiary/aromatic N) is 3. The lowest BCUT2D eigenvalue weighted by Gasteiger charge is -1.99. The van der Waals surface area contributed by atoms with E-state index in [2.05, 4.69) is 25.1 Å². The Kier molecular flexibility index (Phi) is 2.77. The van der Waals surface area contributed by atoms with Gasteiger partial charge in [0.25, 0.3) is 0 Å². The number of nitrogens with one attached hydrogen (secondary N) is 2. The average Bonchev–Trinajstić information content (AvgIpc) is 3.01. The number of imidazole rings is 1. The highest BCUT2D eigenvalue weighted by molar-refractivity contribution is 6.00. The van der Waals surface area contributed by atoms with E-state index in [1.807, 2.05) is 12.3 Å². The van der Waals surface area contributed by atoms with Crippen LogP contribution in [-0.2, 0) is 11.4 Å². The van der Waals surface area contributed by atoms with E-state index in [-0.39, 0.29) is 6.61 Å². The fourth-order valence-corrected chi connectivity index (χ4v) is 2.43. The van der Waals surface area contributed by atoms with Gasteiger partial charge in [0.1, 0.15) is 22.8 Å². The molecule has 7 nitrogen and oxygen atoms in total. The number of oxime groups is 1. The molecule has 1 fully saturated rings. The molecule has 1 saturated carbocycles. The van der Waals surface area contributed by atoms with Crippen LogP contribution in [0.3, 0.4) is 0 Å². The van der Waals surface area contributed by atoms with E-state index >= 15 is 0 Å². The van der Waals surface area contributed by atoms with E-state index in [1.54, 1.807) is 6.20 Å². The zero-order valence-electron chi connectivity index (χ0n) is 11.5. The Hall–Kier alpha value is -2.57. The Morgan fingerprint density at radius 3 is 3.24 bits per heavy atom. The summed E-state index contributed by atoms with van der Waals surface area (Å²) in [6.45, 7) is 0.270. The van der Waals surface area contributed by atoms with Crippen LogP contribution in [0.4, 0.5) is 0 Å². The largest absolute Gasteiger partial charge is 0.386 e. The highest BCUT2D eigenvalue weighted by Crippen LogP contribution is 2.32. The molecule has 0 unspecified atom stereocenters. The lowest BCUT2D eigenvalue weighted by molar-refractivity contribution is 0.124. The average molecular weight is 284 g/mol. The van der Waals surface area contributed by atoms with Crippen molar-refractivity contribution in [2.45, 2.75) is 25.9 Å². The van der Waals surface area contributed by atoms with Gasteiger partial charge in [0.05, 0.1) is 11.7 Å². The first-order chi connectivity index (χ1) is 10.3. The predicted octanol–water partition coefficient (Wildman–Crippen LogP) is 2.03. The van der Waals surface area contributed by atoms with Crippen LogP contribution in [0.15, 0.2) is 23.6 Å². The minimum atomic E-state index is 0.270. The van der Waals surface area contributed by atoms with Crippen LogP contribution in [0.5, 0.6) is 0 Å². The van der Waals surface area contributed by atoms with Crippen molar-refractivity contribution in [2.24, 2.45) is 16.8 Å². The second-order valence-electron chi connectivity index (χ2n) is 5.45. The number of aromatic nitrogens is 4. The van der Waals surface area contributed by atoms with Gasteiger partial charge in [0.15, 0.2) is 6.61 Å². The maximum atomic E-state index is 5.79. The molecule has 7 heteroatoms. The van der Waals surface area contributed by atoms with E-state index in [0.717, 1.165) is 28.5 Å². The zero-order valence-corrected chi connectivity index (χ0v) is 11.5. The lowest BCUT2D eigenvalue weighted by atomic mass is 10.3. The van der Waals surface area contributed by atoms with Crippen molar-refractivity contribution in [1.29, 1.82) is 0 Å². The number of H-pyrrole nitrogens is 2. The third-order valence-electron chi connectivity index (χ3n) is 3.67. The third kappa shape index (κ3) is 2.42. The van der Waals surface area contributed by atoms with Gasteiger partial charge in [-0.25, -0.2) is 9.97 Å². The number of hydrogen-bond acceptors (Lipinski definition) is 4. The normalized spacial score (nSPS) is 15.9. The maximum absolute atomic E-state index is 5.79. The summed E-state index contributed by atoms with van der Waals surface area (Å²) in [5, 5.41) is 4.95. The topological polar surface area (TPSA) is 105 Å². The number of nitrogens with two attached hydrogens (primary N) is 1. The molecule has 0 bridgehead atoms. The maximum Gasteiger partial charge on any atom is 0.174 e. The number of hydrogen-bond donors (Lipinski definition) is 3. The van der Waals surface area contributed by atoms with Gasteiger partial charge in [0.2, 0.25) is 0 Å². The van der Waals surface area contributed by atoms with E-state index in [0.29, 0.717) is 17.6 Å². The number of pyridine rings is 1. The Morgan fingerprint density at radius 2 is 2.38 bits per heavy atom. The Balaban J connectivity index is 1.51. The number of fused-ring (bicyclic) bond motifs is 3. The fraction of sp³-hybridized carbons (Fsp3) is 0.357. The van der Waals surface area contributed by atoms with E-state index in [9.17, 15) is 0 Å². The minimum Gasteiger partial charge on any atom is -0.386 e. The molecule has 0 aliphatic heterocycles. The van der Waals surface area contributed by atoms with Crippen molar-refractivity contribution >= 4 is 27.9 Å². The van der Waals surface area contributed by atoms with Crippen molar-refractivity contribution < 1.29 is 4.84 Å². The number of rotatable bonds is 5. The van der Waals surface area contributed by atoms with Gasteiger partial charge in [-0.3, -0.25) is 0 Å². The summed E-state index contributed by atoms with van der Waals surface area (Å²) in [6, 6.07) is 1.97. The first-order valence-corrected chi connectivity index (χ1v) is 7.04. The van der Waals surface area contributed by atoms with Crippen molar-refractivity contribution in [2.75, 3.05) is 0 Å². The van der Waals surface area contributed by atoms with Gasteiger partial charge in [-0.2, -0.15) is 0 Å². The van der Waals surface area contributed by atoms with Crippen molar-refractivity contribution in [3.63, 3.8) is 0 Å². The van der Waals surface area contributed by atoms with Crippen LogP contribution in [0.1, 0.15) is 25.1 Å². The first kappa shape index (κ1) is 12.2. The molecule has 0 radical (unpaired) electrons. The summed E-state index contributed by atoms with van der Waals surface area (Å²) in [7, 11) is 0. The first-order valence-electron chi connectivity index (χ1n) is 7.04. The van der Waals surface area contributed by atoms with E-state index in [4.69, 9.17) is 10.6 Å². The molecule has 108 valence electrons. The molecule has 4 N–H and O–H groups in total. The number of amidine groups is 1. The molecular formula is C14H16N6O. The quantitative estimate of drug-likeness (QED) is 0.378. The molecule has 0 atom stereocenters. The van der Waals surface area contributed by atoms with E-state index in [1.165, 1.54) is 12.8 Å². The molecule has 3 heterocycles. The van der Waals surface area contributed by atoms with Crippen LogP contribution < -0.4 is 5.73 Å². The molecule has 3 aromatic rings. The highest BCUT2D eigenvalue weighted by Gasteiger charge is 2.22. The van der Waals surface area contributed by atoms with Gasteiger partial charge in [0, 0.05) is 18.0 Å². The summed E-state index contributed by atoms with van der Waals surface area (Å²) in [5.41, 5.74) is 8.40. The second kappa shape index (κ2) is 4.76. The molecular weight excluding hydrogens is 268 g/mol. The summed E-state index contributed by atoms with van der Waals surface area (Å²) < 4.78 is 0. The van der Waals surface area contributed by atoms with Crippen molar-refractivity contribution in [3.05, 3.63) is 24.3 Å². The molecule has 0 aromatic carbocycles. The van der Waals surface area contributed by atoms with Crippen molar-refractivity contribution in [1.82, 2.24) is 19.9 Å². The SMILES string of the molecule is N/C(CC1CC1)=N\OCc1nc2cnc3[nH]ccc3c2[nH]1. The highest BCUT2D eigenvalue weighted by atomic mass is 16.6. The summed E-state index contributed by atoms with van der Waals surface area (Å²) in [5.74, 6) is 1.98. The molecule has 0 spiro atoms. The smallest absolute Gasteiger partial charge is 0.174 e. The lowest BCUT2D eigenvalue weighted by Crippen LogP contribution is -2.12. The Bertz CT molecular complexity index is 813. The summed E-state index contributed by atoms with van der Waals surface area (Å²) in [6.07, 6.45) is 6.92. The van der Waals surface area contributed by atoms with Crippen molar-refractivity contribution in [3.8, 4) is 0 Å². The third-order valence-corrected chi connectivity index (χ3v) is 3.67. The Labute approximate surface area is 120 Å². The van der Waals surface area contributed by atoms with Crippen LogP contribution in [0.2, 0.25) is 0 Å². The molecule has 1 aliphatic rings. The standard InChI is InChI=1S/C14H16N6O/c15-11(5-8-1-2-8)20-21-7-12-18-10-6-17-14-9(3-4-16-14)13(10)19-12/h3-4,6,8H,1-2,5,7H2,(H2,15,20)(H,16,17)(H,18,19). The van der Waals surface area contributed by atoms with Crippen LogP contribution in [-0.4, -0.2) is 25.8 Å². The zero-order chi connectivity index (χ0) is 14.2.